The molecule has 1 heterocycles. The molecule has 1 aromatic carbocycles. The largest absolute Gasteiger partial charge is 0.338 e. The van der Waals surface area contributed by atoms with Crippen LogP contribution in [0.3, 0.4) is 0 Å². The van der Waals surface area contributed by atoms with Crippen LogP contribution in [0.15, 0.2) is 24.3 Å². The minimum absolute atomic E-state index is 0.0206. The Bertz CT molecular complexity index is 714. The van der Waals surface area contributed by atoms with E-state index in [4.69, 9.17) is 0 Å². The van der Waals surface area contributed by atoms with Crippen LogP contribution in [0.5, 0.6) is 0 Å². The SMILES string of the molecule is CC(C)c1ccc(NC(=O)CCNC(=O)N[C@H]2CCS(=O)(=O)C2)cc1. The van der Waals surface area contributed by atoms with Gasteiger partial charge in [0.25, 0.3) is 0 Å². The molecule has 0 spiro atoms. The van der Waals surface area contributed by atoms with Crippen LogP contribution < -0.4 is 16.0 Å². The number of hydrogen-bond acceptors (Lipinski definition) is 4. The fraction of sp³-hybridized carbons (Fsp3) is 0.529. The number of urea groups is 1. The molecule has 3 amide bonds. The molecule has 138 valence electrons. The molecule has 2 rings (SSSR count). The van der Waals surface area contributed by atoms with Crippen LogP contribution in [-0.4, -0.2) is 44.4 Å². The lowest BCUT2D eigenvalue weighted by atomic mass is 10.0. The molecule has 0 aromatic heterocycles. The first-order valence-electron chi connectivity index (χ1n) is 8.40. The molecule has 3 N–H and O–H groups in total. The van der Waals surface area contributed by atoms with Crippen LogP contribution in [0.25, 0.3) is 0 Å². The van der Waals surface area contributed by atoms with Gasteiger partial charge in [-0.15, -0.1) is 0 Å². The van der Waals surface area contributed by atoms with Crippen molar-refractivity contribution in [2.45, 2.75) is 38.6 Å². The molecule has 8 heteroatoms. The topological polar surface area (TPSA) is 104 Å². The highest BCUT2D eigenvalue weighted by atomic mass is 32.2. The maximum Gasteiger partial charge on any atom is 0.315 e. The number of amides is 3. The lowest BCUT2D eigenvalue weighted by molar-refractivity contribution is -0.116. The molecule has 7 nitrogen and oxygen atoms in total. The quantitative estimate of drug-likeness (QED) is 0.711. The van der Waals surface area contributed by atoms with Gasteiger partial charge in [0.15, 0.2) is 9.84 Å². The monoisotopic (exact) mass is 367 g/mol. The summed E-state index contributed by atoms with van der Waals surface area (Å²) in [5.74, 6) is 0.326. The number of nitrogens with one attached hydrogen (secondary N) is 3. The van der Waals surface area contributed by atoms with Crippen molar-refractivity contribution in [3.8, 4) is 0 Å². The zero-order valence-corrected chi connectivity index (χ0v) is 15.4. The van der Waals surface area contributed by atoms with E-state index >= 15 is 0 Å². The predicted octanol–water partition coefficient (Wildman–Crippen LogP) is 1.62. The van der Waals surface area contributed by atoms with Gasteiger partial charge in [0.1, 0.15) is 0 Å². The van der Waals surface area contributed by atoms with E-state index in [0.717, 1.165) is 5.69 Å². The van der Waals surface area contributed by atoms with Gasteiger partial charge in [0, 0.05) is 24.7 Å². The van der Waals surface area contributed by atoms with Gasteiger partial charge in [-0.3, -0.25) is 4.79 Å². The Kier molecular flexibility index (Phi) is 6.41. The second kappa shape index (κ2) is 8.33. The average Bonchev–Trinajstić information content (AvgIpc) is 2.86. The maximum atomic E-state index is 11.9. The molecule has 1 aliphatic rings. The molecule has 25 heavy (non-hydrogen) atoms. The van der Waals surface area contributed by atoms with Crippen molar-refractivity contribution >= 4 is 27.5 Å². The number of benzene rings is 1. The Morgan fingerprint density at radius 3 is 2.44 bits per heavy atom. The summed E-state index contributed by atoms with van der Waals surface area (Å²) in [6.07, 6.45) is 0.574. The highest BCUT2D eigenvalue weighted by Crippen LogP contribution is 2.17. The van der Waals surface area contributed by atoms with Crippen LogP contribution in [0.4, 0.5) is 10.5 Å². The lowest BCUT2D eigenvalue weighted by Gasteiger charge is -2.12. The zero-order valence-electron chi connectivity index (χ0n) is 14.5. The summed E-state index contributed by atoms with van der Waals surface area (Å²) in [4.78, 5) is 23.6. The number of hydrogen-bond donors (Lipinski definition) is 3. The predicted molar refractivity (Wildman–Crippen MR) is 97.4 cm³/mol. The molecule has 0 aliphatic carbocycles. The zero-order chi connectivity index (χ0) is 18.4. The van der Waals surface area contributed by atoms with Gasteiger partial charge in [-0.05, 0) is 30.0 Å². The van der Waals surface area contributed by atoms with E-state index in [1.165, 1.54) is 5.56 Å². The Morgan fingerprint density at radius 2 is 1.88 bits per heavy atom. The molecule has 0 bridgehead atoms. The average molecular weight is 367 g/mol. The molecule has 1 aliphatic heterocycles. The number of sulfone groups is 1. The van der Waals surface area contributed by atoms with Gasteiger partial charge in [0.05, 0.1) is 11.5 Å². The van der Waals surface area contributed by atoms with Gasteiger partial charge in [0.2, 0.25) is 5.91 Å². The Labute approximate surface area is 148 Å². The van der Waals surface area contributed by atoms with Crippen LogP contribution in [0, 0.1) is 0 Å². The fourth-order valence-corrected chi connectivity index (χ4v) is 4.28. The molecular weight excluding hydrogens is 342 g/mol. The summed E-state index contributed by atoms with van der Waals surface area (Å²) in [5, 5.41) is 7.96. The smallest absolute Gasteiger partial charge is 0.315 e. The summed E-state index contributed by atoms with van der Waals surface area (Å²) in [6.45, 7) is 4.39. The molecule has 1 aromatic rings. The van der Waals surface area contributed by atoms with Gasteiger partial charge < -0.3 is 16.0 Å². The molecule has 1 fully saturated rings. The lowest BCUT2D eigenvalue weighted by Crippen LogP contribution is -2.43. The minimum Gasteiger partial charge on any atom is -0.338 e. The summed E-state index contributed by atoms with van der Waals surface area (Å²) in [5.41, 5.74) is 1.92. The number of rotatable bonds is 6. The number of carbonyl (C=O) groups excluding carboxylic acids is 2. The molecule has 1 atom stereocenters. The second-order valence-electron chi connectivity index (χ2n) is 6.58. The Morgan fingerprint density at radius 1 is 1.20 bits per heavy atom. The van der Waals surface area contributed by atoms with Gasteiger partial charge >= 0.3 is 6.03 Å². The van der Waals surface area contributed by atoms with E-state index in [-0.39, 0.29) is 36.4 Å². The van der Waals surface area contributed by atoms with Crippen molar-refractivity contribution in [3.63, 3.8) is 0 Å². The van der Waals surface area contributed by atoms with Gasteiger partial charge in [-0.2, -0.15) is 0 Å². The van der Waals surface area contributed by atoms with Gasteiger partial charge in [-0.1, -0.05) is 26.0 Å². The van der Waals surface area contributed by atoms with E-state index in [1.807, 2.05) is 24.3 Å². The molecule has 0 unspecified atom stereocenters. The molecule has 0 radical (unpaired) electrons. The maximum absolute atomic E-state index is 11.9. The highest BCUT2D eigenvalue weighted by Gasteiger charge is 2.28. The minimum atomic E-state index is -3.02. The van der Waals surface area contributed by atoms with Crippen molar-refractivity contribution in [3.05, 3.63) is 29.8 Å². The van der Waals surface area contributed by atoms with E-state index in [2.05, 4.69) is 29.8 Å². The molecule has 1 saturated heterocycles. The van der Waals surface area contributed by atoms with Crippen LogP contribution >= 0.6 is 0 Å². The van der Waals surface area contributed by atoms with Crippen molar-refractivity contribution in [2.75, 3.05) is 23.4 Å². The van der Waals surface area contributed by atoms with Crippen molar-refractivity contribution in [1.29, 1.82) is 0 Å². The summed E-state index contributed by atoms with van der Waals surface area (Å²) >= 11 is 0. The summed E-state index contributed by atoms with van der Waals surface area (Å²) in [6, 6.07) is 6.86. The third kappa shape index (κ3) is 6.38. The Balaban J connectivity index is 1.67. The van der Waals surface area contributed by atoms with Crippen molar-refractivity contribution < 1.29 is 18.0 Å². The molecule has 0 saturated carbocycles. The van der Waals surface area contributed by atoms with Gasteiger partial charge in [-0.25, -0.2) is 13.2 Å². The summed E-state index contributed by atoms with van der Waals surface area (Å²) < 4.78 is 22.7. The number of anilines is 1. The molecular formula is C17H25N3O4S. The van der Waals surface area contributed by atoms with E-state index in [1.54, 1.807) is 0 Å². The third-order valence-electron chi connectivity index (χ3n) is 4.07. The van der Waals surface area contributed by atoms with Crippen LogP contribution in [0.2, 0.25) is 0 Å². The van der Waals surface area contributed by atoms with E-state index < -0.39 is 15.9 Å². The fourth-order valence-electron chi connectivity index (χ4n) is 2.61. The van der Waals surface area contributed by atoms with Crippen molar-refractivity contribution in [1.82, 2.24) is 10.6 Å². The van der Waals surface area contributed by atoms with E-state index in [9.17, 15) is 18.0 Å². The normalized spacial score (nSPS) is 18.8. The summed E-state index contributed by atoms with van der Waals surface area (Å²) in [7, 11) is -3.02. The Hall–Kier alpha value is -2.09. The number of carbonyl (C=O) groups is 2. The van der Waals surface area contributed by atoms with Crippen LogP contribution in [0.1, 0.15) is 38.2 Å². The first-order valence-corrected chi connectivity index (χ1v) is 10.2. The van der Waals surface area contributed by atoms with Crippen molar-refractivity contribution in [2.24, 2.45) is 0 Å². The van der Waals surface area contributed by atoms with E-state index in [0.29, 0.717) is 12.3 Å². The standard InChI is InChI=1S/C17H25N3O4S/c1-12(2)13-3-5-14(6-4-13)19-16(21)7-9-18-17(22)20-15-8-10-25(23,24)11-15/h3-6,12,15H,7-11H2,1-2H3,(H,19,21)(H2,18,20,22)/t15-/m0/s1. The highest BCUT2D eigenvalue weighted by molar-refractivity contribution is 7.91. The second-order valence-corrected chi connectivity index (χ2v) is 8.80. The first-order chi connectivity index (χ1) is 11.7. The van der Waals surface area contributed by atoms with Crippen LogP contribution in [-0.2, 0) is 14.6 Å². The first kappa shape index (κ1) is 19.2. The third-order valence-corrected chi connectivity index (χ3v) is 5.83.